The first-order chi connectivity index (χ1) is 12.3. The standard InChI is InChI=1S/C23H22OP.ClH/c1-20(19-24)17-18-25(21-11-5-2-6-12-21,22-13-7-3-8-14-22)23-15-9-4-10-16-23;/h2-17,19H,18H2,1H3;1H/q+1;/p-1. The van der Waals surface area contributed by atoms with Crippen molar-refractivity contribution in [2.24, 2.45) is 0 Å². The molecule has 0 aromatic heterocycles. The maximum atomic E-state index is 11.2. The third kappa shape index (κ3) is 4.12. The minimum Gasteiger partial charge on any atom is -1.00 e. The molecule has 0 atom stereocenters. The second-order valence-electron chi connectivity index (χ2n) is 6.06. The smallest absolute Gasteiger partial charge is 0.145 e. The van der Waals surface area contributed by atoms with Crippen LogP contribution in [0.4, 0.5) is 0 Å². The van der Waals surface area contributed by atoms with E-state index in [-0.39, 0.29) is 12.4 Å². The average molecular weight is 381 g/mol. The Kier molecular flexibility index (Phi) is 7.33. The second-order valence-corrected chi connectivity index (χ2v) is 9.60. The third-order valence-corrected chi connectivity index (χ3v) is 8.73. The average Bonchev–Trinajstić information content (AvgIpc) is 2.71. The van der Waals surface area contributed by atoms with Gasteiger partial charge in [0, 0.05) is 0 Å². The zero-order valence-electron chi connectivity index (χ0n) is 14.8. The van der Waals surface area contributed by atoms with Crippen LogP contribution >= 0.6 is 7.26 Å². The molecule has 3 aromatic rings. The molecule has 0 unspecified atom stereocenters. The Balaban J connectivity index is 0.00000243. The molecule has 3 aromatic carbocycles. The van der Waals surface area contributed by atoms with Crippen LogP contribution in [0.15, 0.2) is 103 Å². The van der Waals surface area contributed by atoms with Gasteiger partial charge in [-0.1, -0.05) is 54.6 Å². The molecule has 0 N–H and O–H groups in total. The summed E-state index contributed by atoms with van der Waals surface area (Å²) >= 11 is 0. The van der Waals surface area contributed by atoms with Gasteiger partial charge >= 0.3 is 0 Å². The lowest BCUT2D eigenvalue weighted by atomic mass is 10.3. The molecule has 0 radical (unpaired) electrons. The summed E-state index contributed by atoms with van der Waals surface area (Å²) in [6.45, 7) is 1.88. The monoisotopic (exact) mass is 380 g/mol. The summed E-state index contributed by atoms with van der Waals surface area (Å²) < 4.78 is 0. The van der Waals surface area contributed by atoms with E-state index in [0.717, 1.165) is 18.0 Å². The largest absolute Gasteiger partial charge is 1.00 e. The van der Waals surface area contributed by atoms with Crippen molar-refractivity contribution in [2.45, 2.75) is 6.92 Å². The van der Waals surface area contributed by atoms with Crippen molar-refractivity contribution in [3.8, 4) is 0 Å². The quantitative estimate of drug-likeness (QED) is 0.356. The Bertz CT molecular complexity index is 748. The molecule has 0 amide bonds. The lowest BCUT2D eigenvalue weighted by Crippen LogP contribution is -3.00. The predicted octanol–water partition coefficient (Wildman–Crippen LogP) is 1.13. The Morgan fingerprint density at radius 1 is 0.731 bits per heavy atom. The number of allylic oxidation sites excluding steroid dienone is 2. The van der Waals surface area contributed by atoms with Gasteiger partial charge in [0.05, 0.1) is 6.16 Å². The Labute approximate surface area is 162 Å². The molecule has 132 valence electrons. The molecule has 0 spiro atoms. The fourth-order valence-corrected chi connectivity index (χ4v) is 7.27. The minimum absolute atomic E-state index is 0. The maximum Gasteiger partial charge on any atom is 0.145 e. The van der Waals surface area contributed by atoms with Gasteiger partial charge < -0.3 is 12.4 Å². The van der Waals surface area contributed by atoms with E-state index in [0.29, 0.717) is 0 Å². The molecular weight excluding hydrogens is 359 g/mol. The second kappa shape index (κ2) is 9.48. The Morgan fingerprint density at radius 2 is 1.08 bits per heavy atom. The number of hydrogen-bond acceptors (Lipinski definition) is 1. The number of rotatable bonds is 6. The number of carbonyl (C=O) groups is 1. The van der Waals surface area contributed by atoms with E-state index < -0.39 is 7.26 Å². The lowest BCUT2D eigenvalue weighted by Gasteiger charge is -2.26. The fourth-order valence-electron chi connectivity index (χ4n) is 3.14. The molecule has 0 saturated heterocycles. The zero-order chi connectivity index (χ0) is 17.5. The predicted molar refractivity (Wildman–Crippen MR) is 110 cm³/mol. The van der Waals surface area contributed by atoms with E-state index in [1.165, 1.54) is 15.9 Å². The minimum atomic E-state index is -1.86. The summed E-state index contributed by atoms with van der Waals surface area (Å²) in [5.41, 5.74) is 0.784. The van der Waals surface area contributed by atoms with E-state index in [9.17, 15) is 4.79 Å². The number of halogens is 1. The van der Waals surface area contributed by atoms with Gasteiger partial charge in [-0.05, 0) is 55.0 Å². The number of benzene rings is 3. The van der Waals surface area contributed by atoms with E-state index >= 15 is 0 Å². The van der Waals surface area contributed by atoms with Crippen LogP contribution in [-0.2, 0) is 4.79 Å². The highest BCUT2D eigenvalue weighted by atomic mass is 35.5. The van der Waals surface area contributed by atoms with Crippen LogP contribution in [-0.4, -0.2) is 12.4 Å². The highest BCUT2D eigenvalue weighted by molar-refractivity contribution is 7.95. The van der Waals surface area contributed by atoms with E-state index in [1.54, 1.807) is 0 Å². The van der Waals surface area contributed by atoms with Crippen LogP contribution in [0.2, 0.25) is 0 Å². The molecular formula is C23H22ClOP. The van der Waals surface area contributed by atoms with Gasteiger partial charge in [-0.25, -0.2) is 0 Å². The molecule has 0 bridgehead atoms. The lowest BCUT2D eigenvalue weighted by molar-refractivity contribution is -0.104. The molecule has 1 nitrogen and oxygen atoms in total. The van der Waals surface area contributed by atoms with Gasteiger partial charge in [0.15, 0.2) is 0 Å². The SMILES string of the molecule is CC(C=O)=CC[P+](c1ccccc1)(c1ccccc1)c1ccccc1.[Cl-]. The first-order valence-corrected chi connectivity index (χ1v) is 10.4. The van der Waals surface area contributed by atoms with Crippen LogP contribution in [0.3, 0.4) is 0 Å². The molecule has 0 aliphatic rings. The number of carbonyl (C=O) groups excluding carboxylic acids is 1. The van der Waals surface area contributed by atoms with Gasteiger partial charge in [0.2, 0.25) is 0 Å². The van der Waals surface area contributed by atoms with Crippen LogP contribution in [0.1, 0.15) is 6.92 Å². The van der Waals surface area contributed by atoms with E-state index in [4.69, 9.17) is 0 Å². The van der Waals surface area contributed by atoms with Crippen LogP contribution in [0.25, 0.3) is 0 Å². The highest BCUT2D eigenvalue weighted by Crippen LogP contribution is 2.55. The molecule has 0 aliphatic heterocycles. The molecule has 0 heterocycles. The van der Waals surface area contributed by atoms with Crippen LogP contribution in [0, 0.1) is 0 Å². The maximum absolute atomic E-state index is 11.2. The van der Waals surface area contributed by atoms with Crippen molar-refractivity contribution >= 4 is 29.5 Å². The van der Waals surface area contributed by atoms with Crippen molar-refractivity contribution < 1.29 is 17.2 Å². The number of aldehydes is 1. The topological polar surface area (TPSA) is 17.1 Å². The number of hydrogen-bond donors (Lipinski definition) is 0. The van der Waals surface area contributed by atoms with Crippen LogP contribution in [0.5, 0.6) is 0 Å². The molecule has 0 saturated carbocycles. The molecule has 0 fully saturated rings. The Hall–Kier alpha value is -2.21. The summed E-state index contributed by atoms with van der Waals surface area (Å²) in [6, 6.07) is 32.1. The van der Waals surface area contributed by atoms with Gasteiger partial charge in [-0.15, -0.1) is 0 Å². The summed E-state index contributed by atoms with van der Waals surface area (Å²) in [6.07, 6.45) is 3.87. The van der Waals surface area contributed by atoms with E-state index in [2.05, 4.69) is 97.1 Å². The molecule has 3 heteroatoms. The van der Waals surface area contributed by atoms with Gasteiger partial charge in [0.1, 0.15) is 29.5 Å². The first kappa shape index (κ1) is 20.1. The highest BCUT2D eigenvalue weighted by Gasteiger charge is 2.44. The van der Waals surface area contributed by atoms with Gasteiger partial charge in [-0.2, -0.15) is 0 Å². The van der Waals surface area contributed by atoms with Gasteiger partial charge in [0.25, 0.3) is 0 Å². The summed E-state index contributed by atoms with van der Waals surface area (Å²) in [4.78, 5) is 11.2. The first-order valence-electron chi connectivity index (χ1n) is 8.44. The third-order valence-electron chi connectivity index (χ3n) is 4.46. The van der Waals surface area contributed by atoms with Crippen molar-refractivity contribution in [3.05, 3.63) is 103 Å². The summed E-state index contributed by atoms with van der Waals surface area (Å²) in [5, 5.41) is 4.01. The normalized spacial score (nSPS) is 11.5. The van der Waals surface area contributed by atoms with Crippen molar-refractivity contribution in [1.82, 2.24) is 0 Å². The zero-order valence-corrected chi connectivity index (χ0v) is 16.4. The molecule has 0 aliphatic carbocycles. The molecule has 3 rings (SSSR count). The summed E-state index contributed by atoms with van der Waals surface area (Å²) in [5.74, 6) is 0. The van der Waals surface area contributed by atoms with Crippen LogP contribution < -0.4 is 28.3 Å². The van der Waals surface area contributed by atoms with Crippen molar-refractivity contribution in [3.63, 3.8) is 0 Å². The molecule has 26 heavy (non-hydrogen) atoms. The van der Waals surface area contributed by atoms with Crippen molar-refractivity contribution in [2.75, 3.05) is 6.16 Å². The Morgan fingerprint density at radius 3 is 1.38 bits per heavy atom. The summed E-state index contributed by atoms with van der Waals surface area (Å²) in [7, 11) is -1.86. The fraction of sp³-hybridized carbons (Fsp3) is 0.0870. The van der Waals surface area contributed by atoms with Gasteiger partial charge in [-0.3, -0.25) is 4.79 Å². The van der Waals surface area contributed by atoms with E-state index in [1.807, 2.05) is 6.92 Å². The van der Waals surface area contributed by atoms with Crippen molar-refractivity contribution in [1.29, 1.82) is 0 Å².